The van der Waals surface area contributed by atoms with Gasteiger partial charge in [0.1, 0.15) is 5.69 Å². The highest BCUT2D eigenvalue weighted by molar-refractivity contribution is 5.95. The predicted octanol–water partition coefficient (Wildman–Crippen LogP) is 5.57. The molecule has 0 aliphatic carbocycles. The number of alkyl halides is 6. The van der Waals surface area contributed by atoms with E-state index >= 15 is 0 Å². The normalized spacial score (nSPS) is 12.1. The topological polar surface area (TPSA) is 101 Å². The zero-order valence-electron chi connectivity index (χ0n) is 16.6. The van der Waals surface area contributed by atoms with E-state index in [1.165, 1.54) is 30.5 Å². The summed E-state index contributed by atoms with van der Waals surface area (Å²) in [5, 5.41) is 12.3. The number of rotatable bonds is 4. The minimum absolute atomic E-state index is 0.0293. The Morgan fingerprint density at radius 3 is 2.21 bits per heavy atom. The number of benzene rings is 1. The highest BCUT2D eigenvalue weighted by atomic mass is 19.4. The van der Waals surface area contributed by atoms with Crippen LogP contribution < -0.4 is 5.32 Å². The van der Waals surface area contributed by atoms with Gasteiger partial charge < -0.3 is 10.4 Å². The number of aromatic nitrogens is 4. The number of aromatic carboxylic acids is 1. The van der Waals surface area contributed by atoms with Gasteiger partial charge in [-0.05, 0) is 24.3 Å². The molecule has 34 heavy (non-hydrogen) atoms. The van der Waals surface area contributed by atoms with Gasteiger partial charge in [0.2, 0.25) is 5.95 Å². The van der Waals surface area contributed by atoms with Crippen LogP contribution in [-0.2, 0) is 12.4 Å². The van der Waals surface area contributed by atoms with Crippen LogP contribution >= 0.6 is 0 Å². The molecule has 0 saturated heterocycles. The number of carboxylic acids is 1. The van der Waals surface area contributed by atoms with Crippen molar-refractivity contribution in [2.45, 2.75) is 12.4 Å². The van der Waals surface area contributed by atoms with Gasteiger partial charge in [0.15, 0.2) is 0 Å². The first-order valence-corrected chi connectivity index (χ1v) is 9.30. The maximum absolute atomic E-state index is 13.5. The molecular formula is C21H11F6N5O2. The van der Waals surface area contributed by atoms with Crippen LogP contribution in [-0.4, -0.2) is 31.0 Å². The van der Waals surface area contributed by atoms with Crippen molar-refractivity contribution in [1.82, 2.24) is 19.9 Å². The van der Waals surface area contributed by atoms with Crippen LogP contribution in [0.15, 0.2) is 55.0 Å². The summed E-state index contributed by atoms with van der Waals surface area (Å²) in [6, 6.07) is 6.89. The van der Waals surface area contributed by atoms with Crippen LogP contribution in [0.1, 0.15) is 21.6 Å². The Labute approximate surface area is 186 Å². The smallest absolute Gasteiger partial charge is 0.419 e. The molecule has 0 atom stereocenters. The lowest BCUT2D eigenvalue weighted by atomic mass is 10.0. The summed E-state index contributed by atoms with van der Waals surface area (Å²) in [5.41, 5.74) is -2.78. The molecule has 3 heterocycles. The standard InChI is InChI=1S/C21H11F6N5O2/c22-20(23,24)11-8-29-19(30-9-11)32-14-5-6-28-16-7-10(1-2-12(14)16)17-13(21(25,26)27)3-4-15(31-17)18(33)34/h1-9H,(H,33,34)(H,28,29,30,32). The Balaban J connectivity index is 1.75. The summed E-state index contributed by atoms with van der Waals surface area (Å²) in [4.78, 5) is 26.2. The number of hydrogen-bond acceptors (Lipinski definition) is 6. The first kappa shape index (κ1) is 22.9. The summed E-state index contributed by atoms with van der Waals surface area (Å²) in [5.74, 6) is -1.63. The van der Waals surface area contributed by atoms with Gasteiger partial charge in [-0.15, -0.1) is 0 Å². The summed E-state index contributed by atoms with van der Waals surface area (Å²) < 4.78 is 78.5. The molecule has 4 rings (SSSR count). The van der Waals surface area contributed by atoms with Gasteiger partial charge in [-0.25, -0.2) is 19.7 Å². The fraction of sp³-hybridized carbons (Fsp3) is 0.0952. The number of halogens is 6. The number of nitrogens with zero attached hydrogens (tertiary/aromatic N) is 4. The van der Waals surface area contributed by atoms with E-state index in [0.717, 1.165) is 6.07 Å². The van der Waals surface area contributed by atoms with E-state index in [4.69, 9.17) is 5.11 Å². The first-order chi connectivity index (χ1) is 15.9. The second-order valence-corrected chi connectivity index (χ2v) is 6.90. The summed E-state index contributed by atoms with van der Waals surface area (Å²) in [6.07, 6.45) is -6.85. The van der Waals surface area contributed by atoms with Crippen LogP contribution in [0.4, 0.5) is 38.0 Å². The Morgan fingerprint density at radius 2 is 1.59 bits per heavy atom. The van der Waals surface area contributed by atoms with E-state index in [2.05, 4.69) is 25.3 Å². The molecule has 0 aliphatic heterocycles. The molecule has 2 N–H and O–H groups in total. The van der Waals surface area contributed by atoms with Gasteiger partial charge in [0, 0.05) is 29.5 Å². The number of hydrogen-bond donors (Lipinski definition) is 2. The van der Waals surface area contributed by atoms with Gasteiger partial charge in [0.25, 0.3) is 0 Å². The second-order valence-electron chi connectivity index (χ2n) is 6.90. The first-order valence-electron chi connectivity index (χ1n) is 9.30. The van der Waals surface area contributed by atoms with Gasteiger partial charge in [-0.3, -0.25) is 4.98 Å². The van der Waals surface area contributed by atoms with Crippen molar-refractivity contribution in [1.29, 1.82) is 0 Å². The molecule has 7 nitrogen and oxygen atoms in total. The fourth-order valence-corrected chi connectivity index (χ4v) is 3.09. The summed E-state index contributed by atoms with van der Waals surface area (Å²) >= 11 is 0. The largest absolute Gasteiger partial charge is 0.477 e. The number of nitrogens with one attached hydrogen (secondary N) is 1. The zero-order chi connectivity index (χ0) is 24.7. The molecule has 0 bridgehead atoms. The third-order valence-electron chi connectivity index (χ3n) is 4.66. The number of anilines is 2. The van der Waals surface area contributed by atoms with E-state index in [0.29, 0.717) is 29.5 Å². The average molecular weight is 479 g/mol. The lowest BCUT2D eigenvalue weighted by Crippen LogP contribution is -2.11. The SMILES string of the molecule is O=C(O)c1ccc(C(F)(F)F)c(-c2ccc3c(Nc4ncc(C(F)(F)F)cn4)ccnc3c2)n1. The van der Waals surface area contributed by atoms with Crippen LogP contribution in [0.25, 0.3) is 22.2 Å². The molecule has 0 aliphatic rings. The summed E-state index contributed by atoms with van der Waals surface area (Å²) in [7, 11) is 0. The Morgan fingerprint density at radius 1 is 0.882 bits per heavy atom. The van der Waals surface area contributed by atoms with Gasteiger partial charge in [0.05, 0.1) is 28.0 Å². The van der Waals surface area contributed by atoms with Gasteiger partial charge >= 0.3 is 18.3 Å². The molecule has 0 fully saturated rings. The maximum Gasteiger partial charge on any atom is 0.419 e. The Kier molecular flexibility index (Phi) is 5.55. The molecule has 0 amide bonds. The lowest BCUT2D eigenvalue weighted by Gasteiger charge is -2.14. The number of pyridine rings is 2. The predicted molar refractivity (Wildman–Crippen MR) is 107 cm³/mol. The molecule has 0 saturated carbocycles. The average Bonchev–Trinajstić information content (AvgIpc) is 2.77. The molecule has 1 aromatic carbocycles. The number of carboxylic acid groups (broad SMARTS) is 1. The number of fused-ring (bicyclic) bond motifs is 1. The molecule has 4 aromatic rings. The highest BCUT2D eigenvalue weighted by Crippen LogP contribution is 2.37. The van der Waals surface area contributed by atoms with Crippen LogP contribution in [0, 0.1) is 0 Å². The quantitative estimate of drug-likeness (QED) is 0.369. The van der Waals surface area contributed by atoms with Crippen molar-refractivity contribution >= 4 is 28.5 Å². The fourth-order valence-electron chi connectivity index (χ4n) is 3.09. The van der Waals surface area contributed by atoms with E-state index < -0.39 is 40.8 Å². The minimum atomic E-state index is -4.79. The zero-order valence-corrected chi connectivity index (χ0v) is 16.6. The van der Waals surface area contributed by atoms with Crippen molar-refractivity contribution < 1.29 is 36.2 Å². The van der Waals surface area contributed by atoms with Gasteiger partial charge in [-0.2, -0.15) is 26.3 Å². The van der Waals surface area contributed by atoms with Crippen molar-refractivity contribution in [3.8, 4) is 11.3 Å². The molecule has 0 radical (unpaired) electrons. The maximum atomic E-state index is 13.5. The third kappa shape index (κ3) is 4.58. The van der Waals surface area contributed by atoms with Crippen LogP contribution in [0.2, 0.25) is 0 Å². The minimum Gasteiger partial charge on any atom is -0.477 e. The van der Waals surface area contributed by atoms with E-state index in [1.54, 1.807) is 0 Å². The van der Waals surface area contributed by atoms with E-state index in [9.17, 15) is 31.1 Å². The van der Waals surface area contributed by atoms with Gasteiger partial charge in [-0.1, -0.05) is 12.1 Å². The highest BCUT2D eigenvalue weighted by Gasteiger charge is 2.35. The lowest BCUT2D eigenvalue weighted by molar-refractivity contribution is -0.138. The molecule has 0 spiro atoms. The summed E-state index contributed by atoms with van der Waals surface area (Å²) in [6.45, 7) is 0. The Bertz CT molecular complexity index is 1390. The molecule has 0 unspecified atom stereocenters. The monoisotopic (exact) mass is 479 g/mol. The van der Waals surface area contributed by atoms with E-state index in [1.807, 2.05) is 0 Å². The van der Waals surface area contributed by atoms with Crippen molar-refractivity contribution in [2.75, 3.05) is 5.32 Å². The Hall–Kier alpha value is -4.29. The van der Waals surface area contributed by atoms with Crippen LogP contribution in [0.3, 0.4) is 0 Å². The van der Waals surface area contributed by atoms with Crippen molar-refractivity contribution in [2.24, 2.45) is 0 Å². The number of carbonyl (C=O) groups is 1. The van der Waals surface area contributed by atoms with Crippen LogP contribution in [0.5, 0.6) is 0 Å². The van der Waals surface area contributed by atoms with Crippen molar-refractivity contribution in [3.63, 3.8) is 0 Å². The molecular weight excluding hydrogens is 468 g/mol. The molecule has 13 heteroatoms. The van der Waals surface area contributed by atoms with E-state index in [-0.39, 0.29) is 17.0 Å². The molecule has 3 aromatic heterocycles. The molecule has 174 valence electrons. The third-order valence-corrected chi connectivity index (χ3v) is 4.66. The second kappa shape index (κ2) is 8.24. The van der Waals surface area contributed by atoms with Crippen molar-refractivity contribution in [3.05, 3.63) is 71.8 Å².